The van der Waals surface area contributed by atoms with Crippen LogP contribution < -0.4 is 0 Å². The lowest BCUT2D eigenvalue weighted by molar-refractivity contribution is -0.193. The number of rotatable bonds is 5. The lowest BCUT2D eigenvalue weighted by atomic mass is 9.94. The van der Waals surface area contributed by atoms with Gasteiger partial charge in [-0.15, -0.1) is 11.3 Å². The second-order valence-corrected chi connectivity index (χ2v) is 9.30. The van der Waals surface area contributed by atoms with Crippen molar-refractivity contribution in [1.29, 1.82) is 0 Å². The van der Waals surface area contributed by atoms with Crippen LogP contribution in [0.2, 0.25) is 0 Å². The molecule has 198 valence electrons. The molecule has 0 radical (unpaired) electrons. The maximum absolute atomic E-state index is 10.6. The van der Waals surface area contributed by atoms with Crippen molar-refractivity contribution in [3.63, 3.8) is 0 Å². The Hall–Kier alpha value is -2.38. The molecule has 0 saturated carbocycles. The lowest BCUT2D eigenvalue weighted by Crippen LogP contribution is -2.31. The largest absolute Gasteiger partial charge is 0.490 e. The Balaban J connectivity index is 0.000000362. The van der Waals surface area contributed by atoms with Crippen molar-refractivity contribution in [3.05, 3.63) is 35.2 Å². The molecule has 6 nitrogen and oxygen atoms in total. The molecule has 0 aliphatic carbocycles. The van der Waals surface area contributed by atoms with E-state index in [0.29, 0.717) is 0 Å². The van der Waals surface area contributed by atoms with E-state index in [1.165, 1.54) is 53.9 Å². The summed E-state index contributed by atoms with van der Waals surface area (Å²) in [5.41, 5.74) is 0. The highest BCUT2D eigenvalue weighted by Gasteiger charge is 2.38. The van der Waals surface area contributed by atoms with Gasteiger partial charge in [0.1, 0.15) is 0 Å². The number of halogens is 6. The minimum atomic E-state index is -5.08. The first-order valence-corrected chi connectivity index (χ1v) is 11.4. The fourth-order valence-corrected chi connectivity index (χ4v) is 4.36. The van der Waals surface area contributed by atoms with Gasteiger partial charge in [-0.3, -0.25) is 0 Å². The van der Waals surface area contributed by atoms with Crippen molar-refractivity contribution >= 4 is 33.4 Å². The van der Waals surface area contributed by atoms with E-state index in [4.69, 9.17) is 19.8 Å². The predicted molar refractivity (Wildman–Crippen MR) is 120 cm³/mol. The van der Waals surface area contributed by atoms with Crippen LogP contribution in [0.5, 0.6) is 0 Å². The minimum absolute atomic E-state index is 0.936. The monoisotopic (exact) mass is 530 g/mol. The molecule has 1 aliphatic heterocycles. The highest BCUT2D eigenvalue weighted by atomic mass is 32.1. The minimum Gasteiger partial charge on any atom is -0.475 e. The molecule has 2 aromatic rings. The van der Waals surface area contributed by atoms with Gasteiger partial charge in [0.2, 0.25) is 0 Å². The van der Waals surface area contributed by atoms with Gasteiger partial charge in [-0.25, -0.2) is 9.59 Å². The molecule has 0 atom stereocenters. The van der Waals surface area contributed by atoms with Gasteiger partial charge in [0.05, 0.1) is 0 Å². The first-order chi connectivity index (χ1) is 16.1. The van der Waals surface area contributed by atoms with Crippen molar-refractivity contribution in [2.75, 3.05) is 33.7 Å². The number of hydrogen-bond acceptors (Lipinski definition) is 5. The van der Waals surface area contributed by atoms with Crippen LogP contribution in [0.4, 0.5) is 26.3 Å². The molecule has 2 N–H and O–H groups in total. The summed E-state index contributed by atoms with van der Waals surface area (Å²) >= 11 is 1.94. The normalized spacial score (nSPS) is 15.2. The van der Waals surface area contributed by atoms with Gasteiger partial charge in [0.25, 0.3) is 0 Å². The number of carboxylic acid groups (broad SMARTS) is 2. The Morgan fingerprint density at radius 3 is 1.97 bits per heavy atom. The van der Waals surface area contributed by atoms with Crippen LogP contribution in [0.15, 0.2) is 30.3 Å². The molecule has 2 heterocycles. The number of aliphatic carboxylic acids is 2. The van der Waals surface area contributed by atoms with Crippen LogP contribution in [-0.2, 0) is 16.1 Å². The van der Waals surface area contributed by atoms with E-state index in [0.717, 1.165) is 12.5 Å². The van der Waals surface area contributed by atoms with E-state index in [-0.39, 0.29) is 0 Å². The zero-order valence-corrected chi connectivity index (χ0v) is 20.0. The number of nitrogens with zero attached hydrogens (tertiary/aromatic N) is 2. The Kier molecular flexibility index (Phi) is 11.9. The Labute approximate surface area is 202 Å². The Bertz CT molecular complexity index is 883. The summed E-state index contributed by atoms with van der Waals surface area (Å²) in [6.07, 6.45) is -6.05. The van der Waals surface area contributed by atoms with E-state index in [1.807, 2.05) is 11.3 Å². The van der Waals surface area contributed by atoms with Crippen LogP contribution in [0.3, 0.4) is 0 Å². The molecular formula is C22H28F6N2O4S. The van der Waals surface area contributed by atoms with Gasteiger partial charge in [-0.2, -0.15) is 26.3 Å². The van der Waals surface area contributed by atoms with Crippen LogP contribution >= 0.6 is 11.3 Å². The number of piperidine rings is 1. The molecule has 0 amide bonds. The molecule has 1 saturated heterocycles. The molecule has 1 fully saturated rings. The number of alkyl halides is 6. The highest BCUT2D eigenvalue weighted by molar-refractivity contribution is 7.19. The number of thiophene rings is 1. The number of likely N-dealkylation sites (tertiary alicyclic amines) is 1. The first kappa shape index (κ1) is 30.7. The number of carbonyl (C=O) groups is 2. The zero-order chi connectivity index (χ0) is 26.8. The quantitative estimate of drug-likeness (QED) is 0.509. The molecule has 3 rings (SSSR count). The van der Waals surface area contributed by atoms with Gasteiger partial charge in [0.15, 0.2) is 0 Å². The number of carboxylic acids is 2. The average Bonchev–Trinajstić information content (AvgIpc) is 3.15. The van der Waals surface area contributed by atoms with E-state index in [2.05, 4.69) is 54.2 Å². The van der Waals surface area contributed by atoms with Crippen LogP contribution in [0.1, 0.15) is 24.1 Å². The van der Waals surface area contributed by atoms with E-state index >= 15 is 0 Å². The van der Waals surface area contributed by atoms with Crippen molar-refractivity contribution in [3.8, 4) is 0 Å². The maximum atomic E-state index is 10.6. The number of fused-ring (bicyclic) bond motifs is 1. The predicted octanol–water partition coefficient (Wildman–Crippen LogP) is 5.33. The summed E-state index contributed by atoms with van der Waals surface area (Å²) in [6, 6.07) is 11.1. The summed E-state index contributed by atoms with van der Waals surface area (Å²) in [5, 5.41) is 15.6. The van der Waals surface area contributed by atoms with Crippen molar-refractivity contribution in [2.45, 2.75) is 38.2 Å². The van der Waals surface area contributed by atoms with Crippen molar-refractivity contribution in [2.24, 2.45) is 5.92 Å². The summed E-state index contributed by atoms with van der Waals surface area (Å²) in [4.78, 5) is 24.2. The summed E-state index contributed by atoms with van der Waals surface area (Å²) < 4.78 is 64.9. The SMILES string of the molecule is CN1CCC(CCN(C)Cc2cc3ccccc3s2)CC1.O=C(O)C(F)(F)F.O=C(O)C(F)(F)F. The Morgan fingerprint density at radius 1 is 1.03 bits per heavy atom. The van der Waals surface area contributed by atoms with Gasteiger partial charge in [0, 0.05) is 16.1 Å². The maximum Gasteiger partial charge on any atom is 0.490 e. The summed E-state index contributed by atoms with van der Waals surface area (Å²) in [7, 11) is 4.50. The molecule has 0 unspecified atom stereocenters. The standard InChI is InChI=1S/C18H26N2S.2C2HF3O2/c1-19-10-7-15(8-11-19)9-12-20(2)14-17-13-16-5-3-4-6-18(16)21-17;2*3-2(4,5)1(6)7/h3-6,13,15H,7-12,14H2,1-2H3;2*(H,6,7). The van der Waals surface area contributed by atoms with Gasteiger partial charge in [-0.1, -0.05) is 18.2 Å². The second-order valence-electron chi connectivity index (χ2n) is 8.13. The second kappa shape index (κ2) is 13.6. The average molecular weight is 531 g/mol. The smallest absolute Gasteiger partial charge is 0.475 e. The zero-order valence-electron chi connectivity index (χ0n) is 19.2. The van der Waals surface area contributed by atoms with Gasteiger partial charge in [-0.05, 0) is 76.4 Å². The molecule has 1 aliphatic rings. The van der Waals surface area contributed by atoms with Crippen LogP contribution in [0, 0.1) is 5.92 Å². The molecule has 13 heteroatoms. The van der Waals surface area contributed by atoms with E-state index in [1.54, 1.807) is 0 Å². The third-order valence-electron chi connectivity index (χ3n) is 5.14. The Morgan fingerprint density at radius 2 is 1.51 bits per heavy atom. The summed E-state index contributed by atoms with van der Waals surface area (Å²) in [6.45, 7) is 4.88. The third-order valence-corrected chi connectivity index (χ3v) is 6.25. The topological polar surface area (TPSA) is 81.1 Å². The highest BCUT2D eigenvalue weighted by Crippen LogP contribution is 2.26. The third kappa shape index (κ3) is 12.2. The molecule has 1 aromatic carbocycles. The molecular weight excluding hydrogens is 502 g/mol. The first-order valence-electron chi connectivity index (χ1n) is 10.5. The molecule has 0 spiro atoms. The lowest BCUT2D eigenvalue weighted by Gasteiger charge is -2.30. The number of hydrogen-bond donors (Lipinski definition) is 2. The van der Waals surface area contributed by atoms with Gasteiger partial charge >= 0.3 is 24.3 Å². The van der Waals surface area contributed by atoms with Crippen LogP contribution in [0.25, 0.3) is 10.1 Å². The molecule has 1 aromatic heterocycles. The summed E-state index contributed by atoms with van der Waals surface area (Å²) in [5.74, 6) is -4.58. The molecule has 35 heavy (non-hydrogen) atoms. The molecule has 0 bridgehead atoms. The fraction of sp³-hybridized carbons (Fsp3) is 0.545. The van der Waals surface area contributed by atoms with Crippen molar-refractivity contribution < 1.29 is 46.1 Å². The fourth-order valence-electron chi connectivity index (χ4n) is 3.21. The van der Waals surface area contributed by atoms with Crippen molar-refractivity contribution in [1.82, 2.24) is 9.80 Å². The van der Waals surface area contributed by atoms with Gasteiger partial charge < -0.3 is 20.0 Å². The number of benzene rings is 1. The van der Waals surface area contributed by atoms with Crippen LogP contribution in [-0.4, -0.2) is 78.0 Å². The van der Waals surface area contributed by atoms with E-state index < -0.39 is 24.3 Å². The van der Waals surface area contributed by atoms with E-state index in [9.17, 15) is 26.3 Å².